The highest BCUT2D eigenvalue weighted by molar-refractivity contribution is 7.15. The molecule has 0 aliphatic heterocycles. The number of aryl methyl sites for hydroxylation is 1. The van der Waals surface area contributed by atoms with Crippen molar-refractivity contribution in [2.75, 3.05) is 6.61 Å². The van der Waals surface area contributed by atoms with Gasteiger partial charge in [-0.25, -0.2) is 9.48 Å². The molecule has 0 unspecified atom stereocenters. The van der Waals surface area contributed by atoms with E-state index in [1.807, 2.05) is 13.8 Å². The van der Waals surface area contributed by atoms with Gasteiger partial charge in [0.05, 0.1) is 17.9 Å². The molecule has 0 atom stereocenters. The highest BCUT2D eigenvalue weighted by Crippen LogP contribution is 2.32. The Labute approximate surface area is 126 Å². The maximum atomic E-state index is 12.2. The molecule has 0 aliphatic carbocycles. The third kappa shape index (κ3) is 2.61. The van der Waals surface area contributed by atoms with Gasteiger partial charge < -0.3 is 4.74 Å². The van der Waals surface area contributed by atoms with Crippen LogP contribution in [0.3, 0.4) is 0 Å². The number of nitrogens with zero attached hydrogens (tertiary/aromatic N) is 3. The minimum Gasteiger partial charge on any atom is -0.462 e. The lowest BCUT2D eigenvalue weighted by Gasteiger charge is -2.06. The molecule has 21 heavy (non-hydrogen) atoms. The van der Waals surface area contributed by atoms with Crippen molar-refractivity contribution in [1.82, 2.24) is 15.0 Å². The molecule has 0 fully saturated rings. The number of hydrogen-bond donors (Lipinski definition) is 0. The van der Waals surface area contributed by atoms with Crippen LogP contribution in [0, 0.1) is 20.8 Å². The minimum absolute atomic E-state index is 0.151. The molecule has 0 amide bonds. The van der Waals surface area contributed by atoms with Gasteiger partial charge >= 0.3 is 5.97 Å². The Morgan fingerprint density at radius 1 is 1.29 bits per heavy atom. The summed E-state index contributed by atoms with van der Waals surface area (Å²) in [5, 5.41) is 8.55. The van der Waals surface area contributed by atoms with Gasteiger partial charge in [-0.1, -0.05) is 5.21 Å². The van der Waals surface area contributed by atoms with Crippen LogP contribution in [0.5, 0.6) is 0 Å². The lowest BCUT2D eigenvalue weighted by atomic mass is 10.1. The summed E-state index contributed by atoms with van der Waals surface area (Å²) in [6.07, 6.45) is 0. The zero-order valence-corrected chi connectivity index (χ0v) is 13.5. The molecule has 2 aromatic rings. The number of carbonyl (C=O) groups excluding carboxylic acids is 2. The van der Waals surface area contributed by atoms with E-state index in [9.17, 15) is 9.59 Å². The largest absolute Gasteiger partial charge is 0.462 e. The van der Waals surface area contributed by atoms with Crippen molar-refractivity contribution < 1.29 is 14.3 Å². The third-order valence-corrected chi connectivity index (χ3v) is 4.45. The van der Waals surface area contributed by atoms with Crippen molar-refractivity contribution in [3.8, 4) is 5.00 Å². The zero-order chi connectivity index (χ0) is 15.7. The number of carbonyl (C=O) groups is 2. The first-order valence-electron chi connectivity index (χ1n) is 6.59. The Balaban J connectivity index is 2.62. The van der Waals surface area contributed by atoms with E-state index in [0.717, 1.165) is 10.4 Å². The fourth-order valence-electron chi connectivity index (χ4n) is 2.05. The van der Waals surface area contributed by atoms with Crippen molar-refractivity contribution in [2.24, 2.45) is 0 Å². The average molecular weight is 307 g/mol. The summed E-state index contributed by atoms with van der Waals surface area (Å²) >= 11 is 1.44. The number of esters is 1. The summed E-state index contributed by atoms with van der Waals surface area (Å²) in [4.78, 5) is 24.7. The SMILES string of the molecule is CCOC(=O)c1c(-n2nnc(C(C)=O)c2C)sc(C)c1C. The normalized spacial score (nSPS) is 10.7. The van der Waals surface area contributed by atoms with Gasteiger partial charge in [0.1, 0.15) is 5.00 Å². The van der Waals surface area contributed by atoms with Gasteiger partial charge in [-0.3, -0.25) is 4.79 Å². The summed E-state index contributed by atoms with van der Waals surface area (Å²) in [6, 6.07) is 0. The first-order valence-corrected chi connectivity index (χ1v) is 7.40. The fourth-order valence-corrected chi connectivity index (χ4v) is 3.19. The molecule has 6 nitrogen and oxygen atoms in total. The lowest BCUT2D eigenvalue weighted by molar-refractivity contribution is 0.0526. The second kappa shape index (κ2) is 5.77. The molecular weight excluding hydrogens is 290 g/mol. The minimum atomic E-state index is -0.381. The van der Waals surface area contributed by atoms with Gasteiger partial charge in [0.2, 0.25) is 0 Å². The van der Waals surface area contributed by atoms with E-state index in [2.05, 4.69) is 10.3 Å². The average Bonchev–Trinajstić information content (AvgIpc) is 2.91. The van der Waals surface area contributed by atoms with Gasteiger partial charge in [-0.05, 0) is 33.3 Å². The van der Waals surface area contributed by atoms with Gasteiger partial charge in [0.25, 0.3) is 0 Å². The van der Waals surface area contributed by atoms with Crippen molar-refractivity contribution in [3.63, 3.8) is 0 Å². The van der Waals surface area contributed by atoms with Crippen LogP contribution in [0.25, 0.3) is 5.00 Å². The van der Waals surface area contributed by atoms with Crippen LogP contribution in [0.2, 0.25) is 0 Å². The zero-order valence-electron chi connectivity index (χ0n) is 12.7. The molecule has 0 aromatic carbocycles. The number of ether oxygens (including phenoxy) is 1. The van der Waals surface area contributed by atoms with Crippen LogP contribution in [0.4, 0.5) is 0 Å². The van der Waals surface area contributed by atoms with Crippen molar-refractivity contribution in [2.45, 2.75) is 34.6 Å². The maximum absolute atomic E-state index is 12.2. The van der Waals surface area contributed by atoms with Crippen molar-refractivity contribution >= 4 is 23.1 Å². The first-order chi connectivity index (χ1) is 9.88. The number of ketones is 1. The number of thiophene rings is 1. The Hall–Kier alpha value is -2.02. The van der Waals surface area contributed by atoms with E-state index < -0.39 is 0 Å². The molecule has 2 aromatic heterocycles. The molecule has 7 heteroatoms. The van der Waals surface area contributed by atoms with Crippen LogP contribution in [0.15, 0.2) is 0 Å². The molecular formula is C14H17N3O3S. The van der Waals surface area contributed by atoms with E-state index in [1.165, 1.54) is 22.9 Å². The van der Waals surface area contributed by atoms with Crippen molar-refractivity contribution in [3.05, 3.63) is 27.4 Å². The quantitative estimate of drug-likeness (QED) is 0.641. The summed E-state index contributed by atoms with van der Waals surface area (Å²) in [5.41, 5.74) is 2.29. The predicted molar refractivity (Wildman–Crippen MR) is 79.4 cm³/mol. The molecule has 2 heterocycles. The van der Waals surface area contributed by atoms with E-state index in [1.54, 1.807) is 13.8 Å². The summed E-state index contributed by atoms with van der Waals surface area (Å²) < 4.78 is 6.65. The molecule has 0 N–H and O–H groups in total. The third-order valence-electron chi connectivity index (χ3n) is 3.27. The van der Waals surface area contributed by atoms with E-state index in [-0.39, 0.29) is 11.8 Å². The second-order valence-electron chi connectivity index (χ2n) is 4.68. The molecule has 0 radical (unpaired) electrons. The highest BCUT2D eigenvalue weighted by Gasteiger charge is 2.25. The second-order valence-corrected chi connectivity index (χ2v) is 5.88. The van der Waals surface area contributed by atoms with Crippen LogP contribution in [-0.2, 0) is 4.74 Å². The summed E-state index contributed by atoms with van der Waals surface area (Å²) in [6.45, 7) is 9.08. The number of aromatic nitrogens is 3. The Bertz CT molecular complexity index is 715. The molecule has 0 aliphatic rings. The van der Waals surface area contributed by atoms with Crippen LogP contribution >= 0.6 is 11.3 Å². The Kier molecular flexibility index (Phi) is 4.22. The maximum Gasteiger partial charge on any atom is 0.341 e. The van der Waals surface area contributed by atoms with Crippen LogP contribution in [-0.4, -0.2) is 33.4 Å². The molecule has 0 bridgehead atoms. The Morgan fingerprint density at radius 2 is 1.95 bits per heavy atom. The standard InChI is InChI=1S/C14H17N3O3S/c1-6-20-14(19)11-7(2)10(5)21-13(11)17-8(3)12(9(4)18)15-16-17/h6H2,1-5H3. The molecule has 112 valence electrons. The number of rotatable bonds is 4. The predicted octanol–water partition coefficient (Wildman–Crippen LogP) is 2.63. The molecule has 0 saturated heterocycles. The monoisotopic (exact) mass is 307 g/mol. The van der Waals surface area contributed by atoms with Gasteiger partial charge in [-0.2, -0.15) is 0 Å². The lowest BCUT2D eigenvalue weighted by Crippen LogP contribution is -2.10. The van der Waals surface area contributed by atoms with E-state index >= 15 is 0 Å². The van der Waals surface area contributed by atoms with Gasteiger partial charge in [0.15, 0.2) is 11.5 Å². The smallest absolute Gasteiger partial charge is 0.341 e. The topological polar surface area (TPSA) is 74.1 Å². The number of Topliss-reactive ketones (excluding diaryl/α,β-unsaturated/α-hetero) is 1. The van der Waals surface area contributed by atoms with Crippen molar-refractivity contribution in [1.29, 1.82) is 0 Å². The highest BCUT2D eigenvalue weighted by atomic mass is 32.1. The van der Waals surface area contributed by atoms with E-state index in [0.29, 0.717) is 28.6 Å². The van der Waals surface area contributed by atoms with Gasteiger partial charge in [0, 0.05) is 11.8 Å². The fraction of sp³-hybridized carbons (Fsp3) is 0.429. The van der Waals surface area contributed by atoms with E-state index in [4.69, 9.17) is 4.74 Å². The number of hydrogen-bond acceptors (Lipinski definition) is 6. The van der Waals surface area contributed by atoms with Gasteiger partial charge in [-0.15, -0.1) is 16.4 Å². The van der Waals surface area contributed by atoms with Crippen LogP contribution < -0.4 is 0 Å². The molecule has 2 rings (SSSR count). The molecule has 0 spiro atoms. The summed E-state index contributed by atoms with van der Waals surface area (Å²) in [5.74, 6) is -0.532. The Morgan fingerprint density at radius 3 is 2.48 bits per heavy atom. The summed E-state index contributed by atoms with van der Waals surface area (Å²) in [7, 11) is 0. The van der Waals surface area contributed by atoms with Crippen LogP contribution in [0.1, 0.15) is 50.8 Å². The molecule has 0 saturated carbocycles. The first kappa shape index (κ1) is 15.4.